The molecule has 3 rings (SSSR count). The Morgan fingerprint density at radius 2 is 1.83 bits per heavy atom. The van der Waals surface area contributed by atoms with E-state index in [9.17, 15) is 9.59 Å². The second kappa shape index (κ2) is 6.03. The Kier molecular flexibility index (Phi) is 4.46. The van der Waals surface area contributed by atoms with Gasteiger partial charge in [0.1, 0.15) is 11.7 Å². The quantitative estimate of drug-likeness (QED) is 0.692. The van der Waals surface area contributed by atoms with E-state index in [-0.39, 0.29) is 47.6 Å². The molecule has 0 aromatic rings. The van der Waals surface area contributed by atoms with Crippen LogP contribution in [0.1, 0.15) is 60.8 Å². The van der Waals surface area contributed by atoms with Crippen LogP contribution in [-0.2, 0) is 19.1 Å². The van der Waals surface area contributed by atoms with Crippen LogP contribution in [0.4, 0.5) is 0 Å². The number of carbonyl (C=O) groups excluding carboxylic acids is 2. The van der Waals surface area contributed by atoms with E-state index in [0.29, 0.717) is 11.8 Å². The summed E-state index contributed by atoms with van der Waals surface area (Å²) in [6.07, 6.45) is 2.88. The second-order valence-corrected chi connectivity index (χ2v) is 8.82. The fourth-order valence-corrected chi connectivity index (χ4v) is 5.82. The largest absolute Gasteiger partial charge is 0.462 e. The Bertz CT molecular complexity index is 514. The van der Waals surface area contributed by atoms with Gasteiger partial charge in [0.15, 0.2) is 0 Å². The van der Waals surface area contributed by atoms with Crippen LogP contribution in [0.25, 0.3) is 0 Å². The van der Waals surface area contributed by atoms with E-state index in [0.717, 1.165) is 19.3 Å². The van der Waals surface area contributed by atoms with Crippen molar-refractivity contribution in [1.29, 1.82) is 0 Å². The van der Waals surface area contributed by atoms with E-state index in [4.69, 9.17) is 9.47 Å². The minimum atomic E-state index is -0.584. The average molecular weight is 336 g/mol. The monoisotopic (exact) mass is 336 g/mol. The first-order valence-corrected chi connectivity index (χ1v) is 9.67. The summed E-state index contributed by atoms with van der Waals surface area (Å²) in [6, 6.07) is 0. The SMILES string of the molecule is CCC(C)C(=O)OC(C(C)C)(C(C)C)C1C2CC3OC(=O)C1C3C2. The zero-order valence-electron chi connectivity index (χ0n) is 15.9. The highest BCUT2D eigenvalue weighted by Gasteiger charge is 2.69. The van der Waals surface area contributed by atoms with Crippen molar-refractivity contribution in [2.24, 2.45) is 41.4 Å². The molecule has 4 nitrogen and oxygen atoms in total. The molecule has 24 heavy (non-hydrogen) atoms. The van der Waals surface area contributed by atoms with Crippen LogP contribution in [0.15, 0.2) is 0 Å². The maximum absolute atomic E-state index is 12.7. The molecule has 1 heterocycles. The Balaban J connectivity index is 1.99. The lowest BCUT2D eigenvalue weighted by Crippen LogP contribution is -2.56. The van der Waals surface area contributed by atoms with E-state index < -0.39 is 5.60 Å². The highest BCUT2D eigenvalue weighted by atomic mass is 16.6. The smallest absolute Gasteiger partial charge is 0.310 e. The van der Waals surface area contributed by atoms with Gasteiger partial charge in [-0.05, 0) is 37.0 Å². The number of ether oxygens (including phenoxy) is 2. The van der Waals surface area contributed by atoms with Gasteiger partial charge in [0.25, 0.3) is 0 Å². The maximum atomic E-state index is 12.7. The number of fused-ring (bicyclic) bond motifs is 1. The van der Waals surface area contributed by atoms with Crippen molar-refractivity contribution in [3.05, 3.63) is 0 Å². The molecule has 2 aliphatic carbocycles. The predicted octanol–water partition coefficient (Wildman–Crippen LogP) is 3.82. The summed E-state index contributed by atoms with van der Waals surface area (Å²) in [7, 11) is 0. The molecule has 0 spiro atoms. The molecule has 1 saturated heterocycles. The zero-order valence-corrected chi connectivity index (χ0v) is 15.9. The third-order valence-electron chi connectivity index (χ3n) is 7.10. The van der Waals surface area contributed by atoms with Gasteiger partial charge in [-0.3, -0.25) is 9.59 Å². The molecule has 3 fully saturated rings. The van der Waals surface area contributed by atoms with Gasteiger partial charge in [0.2, 0.25) is 0 Å². The minimum Gasteiger partial charge on any atom is -0.462 e. The van der Waals surface area contributed by atoms with E-state index in [1.165, 1.54) is 0 Å². The summed E-state index contributed by atoms with van der Waals surface area (Å²) in [6.45, 7) is 12.5. The average Bonchev–Trinajstić information content (AvgIpc) is 3.12. The Hall–Kier alpha value is -1.06. The van der Waals surface area contributed by atoms with Crippen molar-refractivity contribution >= 4 is 11.9 Å². The van der Waals surface area contributed by atoms with Crippen molar-refractivity contribution < 1.29 is 19.1 Å². The van der Waals surface area contributed by atoms with Crippen molar-refractivity contribution in [3.8, 4) is 0 Å². The fourth-order valence-electron chi connectivity index (χ4n) is 5.82. The van der Waals surface area contributed by atoms with Crippen LogP contribution >= 0.6 is 0 Å². The maximum Gasteiger partial charge on any atom is 0.310 e. The Morgan fingerprint density at radius 1 is 1.21 bits per heavy atom. The van der Waals surface area contributed by atoms with E-state index >= 15 is 0 Å². The van der Waals surface area contributed by atoms with Crippen molar-refractivity contribution in [2.75, 3.05) is 0 Å². The van der Waals surface area contributed by atoms with Crippen LogP contribution in [0.2, 0.25) is 0 Å². The van der Waals surface area contributed by atoms with Gasteiger partial charge >= 0.3 is 11.9 Å². The number of hydrogen-bond acceptors (Lipinski definition) is 4. The molecule has 6 atom stereocenters. The first-order chi connectivity index (χ1) is 11.2. The number of rotatable bonds is 6. The summed E-state index contributed by atoms with van der Waals surface area (Å²) in [5.74, 6) is 0.848. The first-order valence-electron chi connectivity index (χ1n) is 9.67. The molecular formula is C20H32O4. The van der Waals surface area contributed by atoms with Gasteiger partial charge in [-0.2, -0.15) is 0 Å². The minimum absolute atomic E-state index is 0.0553. The summed E-state index contributed by atoms with van der Waals surface area (Å²) in [4.78, 5) is 25.2. The van der Waals surface area contributed by atoms with E-state index in [1.807, 2.05) is 13.8 Å². The highest BCUT2D eigenvalue weighted by molar-refractivity contribution is 5.78. The molecule has 0 N–H and O–H groups in total. The Labute approximate surface area is 145 Å². The number of carbonyl (C=O) groups is 2. The van der Waals surface area contributed by atoms with E-state index in [2.05, 4.69) is 27.7 Å². The van der Waals surface area contributed by atoms with Crippen molar-refractivity contribution in [2.45, 2.75) is 72.5 Å². The third kappa shape index (κ3) is 2.32. The molecule has 0 aromatic heterocycles. The summed E-state index contributed by atoms with van der Waals surface area (Å²) in [5, 5.41) is 0. The number of hydrogen-bond donors (Lipinski definition) is 0. The first kappa shape index (κ1) is 17.8. The van der Waals surface area contributed by atoms with Crippen LogP contribution < -0.4 is 0 Å². The molecule has 136 valence electrons. The van der Waals surface area contributed by atoms with Crippen molar-refractivity contribution in [3.63, 3.8) is 0 Å². The molecule has 2 saturated carbocycles. The third-order valence-corrected chi connectivity index (χ3v) is 7.10. The Morgan fingerprint density at radius 3 is 2.38 bits per heavy atom. The molecule has 2 bridgehead atoms. The fraction of sp³-hybridized carbons (Fsp3) is 0.900. The van der Waals surface area contributed by atoms with Gasteiger partial charge in [-0.1, -0.05) is 41.5 Å². The van der Waals surface area contributed by atoms with Gasteiger partial charge < -0.3 is 9.47 Å². The van der Waals surface area contributed by atoms with Crippen molar-refractivity contribution in [1.82, 2.24) is 0 Å². The van der Waals surface area contributed by atoms with Crippen LogP contribution in [0.5, 0.6) is 0 Å². The van der Waals surface area contributed by atoms with Crippen LogP contribution in [-0.4, -0.2) is 23.6 Å². The second-order valence-electron chi connectivity index (χ2n) is 8.82. The van der Waals surface area contributed by atoms with Crippen LogP contribution in [0, 0.1) is 41.4 Å². The lowest BCUT2D eigenvalue weighted by Gasteiger charge is -2.49. The molecule has 0 amide bonds. The summed E-state index contributed by atoms with van der Waals surface area (Å²) >= 11 is 0. The van der Waals surface area contributed by atoms with Gasteiger partial charge in [-0.25, -0.2) is 0 Å². The molecule has 3 aliphatic rings. The molecule has 4 heteroatoms. The van der Waals surface area contributed by atoms with E-state index in [1.54, 1.807) is 0 Å². The number of esters is 2. The van der Waals surface area contributed by atoms with Gasteiger partial charge in [-0.15, -0.1) is 0 Å². The van der Waals surface area contributed by atoms with Gasteiger partial charge in [0, 0.05) is 11.8 Å². The molecule has 0 aromatic carbocycles. The highest BCUT2D eigenvalue weighted by Crippen LogP contribution is 2.63. The lowest BCUT2D eigenvalue weighted by molar-refractivity contribution is -0.197. The lowest BCUT2D eigenvalue weighted by atomic mass is 9.62. The summed E-state index contributed by atoms with van der Waals surface area (Å²) in [5.41, 5.74) is -0.584. The molecular weight excluding hydrogens is 304 g/mol. The molecule has 1 aliphatic heterocycles. The topological polar surface area (TPSA) is 52.6 Å². The molecule has 0 radical (unpaired) electrons. The van der Waals surface area contributed by atoms with Crippen LogP contribution in [0.3, 0.4) is 0 Å². The molecule has 6 unspecified atom stereocenters. The normalized spacial score (nSPS) is 35.7. The van der Waals surface area contributed by atoms with Gasteiger partial charge in [0.05, 0.1) is 11.8 Å². The standard InChI is InChI=1S/C20H32O4/c1-7-12(6)18(21)24-20(10(2)3,11(4)5)17-13-8-14-15(9-13)23-19(22)16(14)17/h10-17H,7-9H2,1-6H3. The predicted molar refractivity (Wildman–Crippen MR) is 91.0 cm³/mol. The summed E-state index contributed by atoms with van der Waals surface area (Å²) < 4.78 is 11.9. The zero-order chi connectivity index (χ0) is 17.8.